The summed E-state index contributed by atoms with van der Waals surface area (Å²) >= 11 is 0. The summed E-state index contributed by atoms with van der Waals surface area (Å²) in [7, 11) is 0. The monoisotopic (exact) mass is 551 g/mol. The maximum Gasteiger partial charge on any atom is 0.335 e. The highest BCUT2D eigenvalue weighted by molar-refractivity contribution is 5.87. The van der Waals surface area contributed by atoms with Gasteiger partial charge in [0.1, 0.15) is 5.82 Å². The first kappa shape index (κ1) is 30.3. The number of carboxylic acid groups (broad SMARTS) is 1. The molecule has 1 heterocycles. The third kappa shape index (κ3) is 7.53. The zero-order valence-corrected chi connectivity index (χ0v) is 25.4. The van der Waals surface area contributed by atoms with Gasteiger partial charge < -0.3 is 9.67 Å². The minimum absolute atomic E-state index is 0.322. The summed E-state index contributed by atoms with van der Waals surface area (Å²) in [6, 6.07) is 24.6. The summed E-state index contributed by atoms with van der Waals surface area (Å²) in [6.45, 7) is 14.5. The van der Waals surface area contributed by atoms with Gasteiger partial charge in [0.25, 0.3) is 0 Å². The number of benzene rings is 3. The first-order valence-electron chi connectivity index (χ1n) is 15.1. The molecule has 0 bridgehead atoms. The number of hydrogen-bond acceptors (Lipinski definition) is 3. The van der Waals surface area contributed by atoms with E-state index in [2.05, 4.69) is 92.6 Å². The Hall–Kier alpha value is -3.70. The summed E-state index contributed by atoms with van der Waals surface area (Å²) < 4.78 is 2.47. The van der Waals surface area contributed by atoms with Crippen LogP contribution in [0.1, 0.15) is 79.2 Å². The first-order chi connectivity index (χ1) is 19.8. The van der Waals surface area contributed by atoms with Crippen LogP contribution in [0, 0.1) is 19.8 Å². The molecule has 5 nitrogen and oxygen atoms in total. The molecular weight excluding hydrogens is 506 g/mol. The van der Waals surface area contributed by atoms with Gasteiger partial charge in [-0.05, 0) is 49.4 Å². The van der Waals surface area contributed by atoms with Crippen molar-refractivity contribution in [2.75, 3.05) is 6.54 Å². The van der Waals surface area contributed by atoms with Crippen LogP contribution in [0.4, 0.5) is 0 Å². The molecule has 0 radical (unpaired) electrons. The summed E-state index contributed by atoms with van der Waals surface area (Å²) in [5.41, 5.74) is 8.52. The first-order valence-corrected chi connectivity index (χ1v) is 15.1. The minimum atomic E-state index is -0.892. The molecule has 0 aliphatic rings. The van der Waals surface area contributed by atoms with Gasteiger partial charge in [0.15, 0.2) is 0 Å². The van der Waals surface area contributed by atoms with Gasteiger partial charge in [-0.1, -0.05) is 106 Å². The molecule has 0 saturated heterocycles. The lowest BCUT2D eigenvalue weighted by molar-refractivity contribution is 0.0697. The largest absolute Gasteiger partial charge is 0.478 e. The van der Waals surface area contributed by atoms with Crippen LogP contribution in [0.15, 0.2) is 72.8 Å². The van der Waals surface area contributed by atoms with Gasteiger partial charge in [0, 0.05) is 37.3 Å². The Labute approximate surface area is 245 Å². The zero-order valence-electron chi connectivity index (χ0n) is 25.4. The van der Waals surface area contributed by atoms with Crippen LogP contribution < -0.4 is 0 Å². The predicted octanol–water partition coefficient (Wildman–Crippen LogP) is 8.77. The van der Waals surface area contributed by atoms with Gasteiger partial charge >= 0.3 is 5.97 Å². The van der Waals surface area contributed by atoms with E-state index >= 15 is 0 Å². The van der Waals surface area contributed by atoms with Gasteiger partial charge in [-0.3, -0.25) is 4.90 Å². The third-order valence-electron chi connectivity index (χ3n) is 8.17. The lowest BCUT2D eigenvalue weighted by atomic mass is 10.0. The van der Waals surface area contributed by atoms with E-state index in [1.165, 1.54) is 22.4 Å². The number of hydrogen-bond donors (Lipinski definition) is 1. The molecule has 0 spiro atoms. The molecule has 216 valence electrons. The van der Waals surface area contributed by atoms with Crippen molar-refractivity contribution in [2.45, 2.75) is 79.9 Å². The topological polar surface area (TPSA) is 58.4 Å². The highest BCUT2D eigenvalue weighted by Crippen LogP contribution is 2.33. The second-order valence-corrected chi connectivity index (χ2v) is 11.3. The summed E-state index contributed by atoms with van der Waals surface area (Å²) in [5, 5.41) is 9.39. The lowest BCUT2D eigenvalue weighted by Crippen LogP contribution is -2.30. The van der Waals surface area contributed by atoms with E-state index in [1.807, 2.05) is 12.1 Å². The van der Waals surface area contributed by atoms with Crippen LogP contribution in [0.2, 0.25) is 0 Å². The molecule has 0 atom stereocenters. The van der Waals surface area contributed by atoms with Crippen molar-refractivity contribution < 1.29 is 9.90 Å². The molecule has 41 heavy (non-hydrogen) atoms. The highest BCUT2D eigenvalue weighted by atomic mass is 16.4. The Bertz CT molecular complexity index is 1420. The van der Waals surface area contributed by atoms with Crippen LogP contribution in [-0.2, 0) is 19.6 Å². The van der Waals surface area contributed by atoms with E-state index in [4.69, 9.17) is 4.98 Å². The van der Waals surface area contributed by atoms with Crippen molar-refractivity contribution in [1.29, 1.82) is 0 Å². The van der Waals surface area contributed by atoms with Crippen molar-refractivity contribution in [3.05, 3.63) is 101 Å². The molecule has 0 amide bonds. The Balaban J connectivity index is 1.84. The number of carbonyl (C=O) groups is 1. The molecule has 0 aliphatic carbocycles. The second-order valence-electron chi connectivity index (χ2n) is 11.3. The normalized spacial score (nSPS) is 11.5. The number of aromatic nitrogens is 2. The number of rotatable bonds is 14. The van der Waals surface area contributed by atoms with Crippen LogP contribution in [0.5, 0.6) is 0 Å². The van der Waals surface area contributed by atoms with E-state index in [0.717, 1.165) is 74.5 Å². The molecule has 1 aromatic heterocycles. The fourth-order valence-electron chi connectivity index (χ4n) is 5.50. The molecule has 1 N–H and O–H groups in total. The Morgan fingerprint density at radius 3 is 2.20 bits per heavy atom. The minimum Gasteiger partial charge on any atom is -0.478 e. The van der Waals surface area contributed by atoms with E-state index < -0.39 is 5.97 Å². The Kier molecular flexibility index (Phi) is 10.5. The van der Waals surface area contributed by atoms with Crippen molar-refractivity contribution in [2.24, 2.45) is 5.92 Å². The molecule has 5 heteroatoms. The number of imidazole rings is 1. The van der Waals surface area contributed by atoms with Gasteiger partial charge in [-0.15, -0.1) is 0 Å². The van der Waals surface area contributed by atoms with Crippen LogP contribution in [0.25, 0.3) is 22.6 Å². The molecule has 0 unspecified atom stereocenters. The molecule has 3 aromatic carbocycles. The number of carboxylic acids is 1. The maximum atomic E-state index is 11.4. The Morgan fingerprint density at radius 2 is 1.59 bits per heavy atom. The number of aromatic carboxylic acids is 1. The average Bonchev–Trinajstić information content (AvgIpc) is 3.32. The van der Waals surface area contributed by atoms with Crippen molar-refractivity contribution in [3.8, 4) is 22.6 Å². The summed E-state index contributed by atoms with van der Waals surface area (Å²) in [4.78, 5) is 19.3. The van der Waals surface area contributed by atoms with Gasteiger partial charge in [0.2, 0.25) is 0 Å². The fraction of sp³-hybridized carbons (Fsp3) is 0.389. The smallest absolute Gasteiger partial charge is 0.335 e. The van der Waals surface area contributed by atoms with Crippen LogP contribution in [-0.4, -0.2) is 32.1 Å². The molecule has 4 aromatic rings. The van der Waals surface area contributed by atoms with Crippen molar-refractivity contribution >= 4 is 5.97 Å². The highest BCUT2D eigenvalue weighted by Gasteiger charge is 2.23. The SMILES string of the molecule is CCCCn1c(-c2ccccc2C)nc(-c2ccc(C)cc2)c1CN(Cc1ccc(C(=O)O)cc1)CC(CC)CC. The van der Waals surface area contributed by atoms with E-state index in [0.29, 0.717) is 11.5 Å². The summed E-state index contributed by atoms with van der Waals surface area (Å²) in [5.74, 6) is 0.728. The van der Waals surface area contributed by atoms with Crippen LogP contribution in [0.3, 0.4) is 0 Å². The third-order valence-corrected chi connectivity index (χ3v) is 8.17. The van der Waals surface area contributed by atoms with Gasteiger partial charge in [-0.2, -0.15) is 0 Å². The fourth-order valence-corrected chi connectivity index (χ4v) is 5.50. The van der Waals surface area contributed by atoms with Gasteiger partial charge in [0.05, 0.1) is 17.0 Å². The molecule has 0 fully saturated rings. The van der Waals surface area contributed by atoms with Gasteiger partial charge in [-0.25, -0.2) is 9.78 Å². The van der Waals surface area contributed by atoms with E-state index in [9.17, 15) is 9.90 Å². The van der Waals surface area contributed by atoms with E-state index in [-0.39, 0.29) is 0 Å². The van der Waals surface area contributed by atoms with Crippen LogP contribution >= 0.6 is 0 Å². The zero-order chi connectivity index (χ0) is 29.4. The second kappa shape index (κ2) is 14.3. The van der Waals surface area contributed by atoms with E-state index in [1.54, 1.807) is 12.1 Å². The summed E-state index contributed by atoms with van der Waals surface area (Å²) in [6.07, 6.45) is 4.44. The molecule has 0 saturated carbocycles. The maximum absolute atomic E-state index is 11.4. The molecule has 0 aliphatic heterocycles. The number of unbranched alkanes of at least 4 members (excludes halogenated alkanes) is 1. The predicted molar refractivity (Wildman–Crippen MR) is 169 cm³/mol. The lowest BCUT2D eigenvalue weighted by Gasteiger charge is -2.28. The number of aryl methyl sites for hydroxylation is 2. The molecule has 4 rings (SSSR count). The van der Waals surface area contributed by atoms with Crippen molar-refractivity contribution in [3.63, 3.8) is 0 Å². The number of nitrogens with zero attached hydrogens (tertiary/aromatic N) is 3. The standard InChI is InChI=1S/C36H45N3O2/c1-6-9-22-39-33(25-38(23-28(7-2)8-3)24-29-16-20-31(21-17-29)36(40)41)34(30-18-14-26(4)15-19-30)37-35(39)32-13-11-10-12-27(32)5/h10-21,28H,6-9,22-25H2,1-5H3,(H,40,41). The Morgan fingerprint density at radius 1 is 0.902 bits per heavy atom. The average molecular weight is 552 g/mol. The molecular formula is C36H45N3O2. The quantitative estimate of drug-likeness (QED) is 0.170. The van der Waals surface area contributed by atoms with Crippen molar-refractivity contribution in [1.82, 2.24) is 14.5 Å².